The first-order valence-electron chi connectivity index (χ1n) is 5.65. The number of aliphatic hydroxyl groups excluding tert-OH is 1. The van der Waals surface area contributed by atoms with Crippen LogP contribution in [-0.4, -0.2) is 28.6 Å². The van der Waals surface area contributed by atoms with Gasteiger partial charge in [0.05, 0.1) is 0 Å². The molecule has 94 valence electrons. The zero-order valence-corrected chi connectivity index (χ0v) is 10.1. The lowest BCUT2D eigenvalue weighted by atomic mass is 10.0. The third-order valence-corrected chi connectivity index (χ3v) is 2.60. The standard InChI is InChI=1S/C12H18N2O3/c1-8(2)10(4-6-15)14-12(17)9-3-5-13-11(16)7-9/h3,5,7-8,10,15H,4,6H2,1-2H3,(H,13,16)(H,14,17). The monoisotopic (exact) mass is 238 g/mol. The van der Waals surface area contributed by atoms with Gasteiger partial charge >= 0.3 is 0 Å². The van der Waals surface area contributed by atoms with Gasteiger partial charge in [-0.3, -0.25) is 9.59 Å². The van der Waals surface area contributed by atoms with Gasteiger partial charge in [-0.1, -0.05) is 13.8 Å². The van der Waals surface area contributed by atoms with Crippen molar-refractivity contribution in [3.63, 3.8) is 0 Å². The molecule has 1 aromatic rings. The van der Waals surface area contributed by atoms with Gasteiger partial charge in [-0.15, -0.1) is 0 Å². The van der Waals surface area contributed by atoms with Crippen LogP contribution in [0.25, 0.3) is 0 Å². The first kappa shape index (κ1) is 13.4. The molecule has 0 aliphatic carbocycles. The van der Waals surface area contributed by atoms with Crippen molar-refractivity contribution >= 4 is 5.91 Å². The van der Waals surface area contributed by atoms with E-state index in [-0.39, 0.29) is 30.0 Å². The maximum Gasteiger partial charge on any atom is 0.251 e. The van der Waals surface area contributed by atoms with Crippen LogP contribution in [0.2, 0.25) is 0 Å². The molecule has 0 aliphatic rings. The molecule has 3 N–H and O–H groups in total. The highest BCUT2D eigenvalue weighted by molar-refractivity contribution is 5.94. The van der Waals surface area contributed by atoms with Crippen molar-refractivity contribution in [2.24, 2.45) is 5.92 Å². The lowest BCUT2D eigenvalue weighted by Crippen LogP contribution is -2.39. The van der Waals surface area contributed by atoms with Crippen LogP contribution in [0.5, 0.6) is 0 Å². The van der Waals surface area contributed by atoms with Crippen molar-refractivity contribution < 1.29 is 9.90 Å². The molecule has 0 bridgehead atoms. The summed E-state index contributed by atoms with van der Waals surface area (Å²) in [4.78, 5) is 25.4. The fraction of sp³-hybridized carbons (Fsp3) is 0.500. The SMILES string of the molecule is CC(C)C(CCO)NC(=O)c1cc[nH]c(=O)c1. The number of aromatic amines is 1. The Bertz CT molecular complexity index is 426. The fourth-order valence-corrected chi connectivity index (χ4v) is 1.55. The van der Waals surface area contributed by atoms with E-state index in [1.54, 1.807) is 6.07 Å². The molecule has 0 radical (unpaired) electrons. The lowest BCUT2D eigenvalue weighted by Gasteiger charge is -2.21. The minimum atomic E-state index is -0.305. The molecule has 1 rings (SSSR count). The maximum atomic E-state index is 11.8. The molecule has 5 nitrogen and oxygen atoms in total. The molecule has 17 heavy (non-hydrogen) atoms. The molecule has 1 unspecified atom stereocenters. The van der Waals surface area contributed by atoms with Crippen LogP contribution in [0, 0.1) is 5.92 Å². The van der Waals surface area contributed by atoms with E-state index in [0.717, 1.165) is 0 Å². The van der Waals surface area contributed by atoms with E-state index >= 15 is 0 Å². The lowest BCUT2D eigenvalue weighted by molar-refractivity contribution is 0.0916. The van der Waals surface area contributed by atoms with Crippen LogP contribution in [-0.2, 0) is 0 Å². The molecular formula is C12H18N2O3. The van der Waals surface area contributed by atoms with Gasteiger partial charge in [-0.05, 0) is 18.4 Å². The van der Waals surface area contributed by atoms with Gasteiger partial charge in [-0.2, -0.15) is 0 Å². The number of rotatable bonds is 5. The summed E-state index contributed by atoms with van der Waals surface area (Å²) in [5.41, 5.74) is 0.0262. The largest absolute Gasteiger partial charge is 0.396 e. The average Bonchev–Trinajstić information content (AvgIpc) is 2.28. The second-order valence-corrected chi connectivity index (χ2v) is 4.28. The molecule has 5 heteroatoms. The Morgan fingerprint density at radius 1 is 1.53 bits per heavy atom. The molecule has 0 fully saturated rings. The van der Waals surface area contributed by atoms with Gasteiger partial charge in [0, 0.05) is 30.5 Å². The summed E-state index contributed by atoms with van der Waals surface area (Å²) < 4.78 is 0. The summed E-state index contributed by atoms with van der Waals surface area (Å²) >= 11 is 0. The summed E-state index contributed by atoms with van der Waals surface area (Å²) in [5.74, 6) is -0.0589. The summed E-state index contributed by atoms with van der Waals surface area (Å²) in [6.07, 6.45) is 1.94. The Morgan fingerprint density at radius 3 is 2.76 bits per heavy atom. The molecule has 1 amide bonds. The van der Waals surface area contributed by atoms with Gasteiger partial charge in [0.1, 0.15) is 0 Å². The van der Waals surface area contributed by atoms with Crippen LogP contribution in [0.1, 0.15) is 30.6 Å². The first-order valence-corrected chi connectivity index (χ1v) is 5.65. The molecule has 1 aromatic heterocycles. The van der Waals surface area contributed by atoms with E-state index in [4.69, 9.17) is 5.11 Å². The highest BCUT2D eigenvalue weighted by atomic mass is 16.3. The van der Waals surface area contributed by atoms with Crippen molar-refractivity contribution in [1.29, 1.82) is 0 Å². The number of H-pyrrole nitrogens is 1. The van der Waals surface area contributed by atoms with Crippen LogP contribution >= 0.6 is 0 Å². The molecule has 0 saturated carbocycles. The van der Waals surface area contributed by atoms with Crippen molar-refractivity contribution in [1.82, 2.24) is 10.3 Å². The Labute approximate surface area is 99.9 Å². The number of hydrogen-bond donors (Lipinski definition) is 3. The average molecular weight is 238 g/mol. The summed E-state index contributed by atoms with van der Waals surface area (Å²) in [7, 11) is 0. The highest BCUT2D eigenvalue weighted by Crippen LogP contribution is 2.06. The number of amides is 1. The van der Waals surface area contributed by atoms with Gasteiger partial charge in [-0.25, -0.2) is 0 Å². The normalized spacial score (nSPS) is 12.5. The van der Waals surface area contributed by atoms with Gasteiger partial charge < -0.3 is 15.4 Å². The van der Waals surface area contributed by atoms with E-state index in [0.29, 0.717) is 12.0 Å². The number of carbonyl (C=O) groups is 1. The number of carbonyl (C=O) groups excluding carboxylic acids is 1. The third-order valence-electron chi connectivity index (χ3n) is 2.60. The van der Waals surface area contributed by atoms with Crippen molar-refractivity contribution in [3.8, 4) is 0 Å². The van der Waals surface area contributed by atoms with Crippen LogP contribution in [0.4, 0.5) is 0 Å². The van der Waals surface area contributed by atoms with Gasteiger partial charge in [0.2, 0.25) is 5.56 Å². The van der Waals surface area contributed by atoms with E-state index in [9.17, 15) is 9.59 Å². The predicted octanol–water partition coefficient (Wildman–Crippen LogP) is 0.512. The summed E-state index contributed by atoms with van der Waals surface area (Å²) in [6.45, 7) is 3.97. The van der Waals surface area contributed by atoms with Crippen LogP contribution < -0.4 is 10.9 Å². The Morgan fingerprint density at radius 2 is 2.24 bits per heavy atom. The zero-order valence-electron chi connectivity index (χ0n) is 10.1. The molecule has 1 heterocycles. The predicted molar refractivity (Wildman–Crippen MR) is 64.9 cm³/mol. The number of aliphatic hydroxyl groups is 1. The molecule has 1 atom stereocenters. The van der Waals surface area contributed by atoms with Gasteiger partial charge in [0.25, 0.3) is 5.91 Å². The fourth-order valence-electron chi connectivity index (χ4n) is 1.55. The molecule has 0 saturated heterocycles. The molecular weight excluding hydrogens is 220 g/mol. The highest BCUT2D eigenvalue weighted by Gasteiger charge is 2.16. The van der Waals surface area contributed by atoms with Gasteiger partial charge in [0.15, 0.2) is 0 Å². The molecule has 0 aliphatic heterocycles. The summed E-state index contributed by atoms with van der Waals surface area (Å²) in [6, 6.07) is 2.71. The topological polar surface area (TPSA) is 82.2 Å². The maximum absolute atomic E-state index is 11.8. The van der Waals surface area contributed by atoms with Crippen LogP contribution in [0.15, 0.2) is 23.1 Å². The Hall–Kier alpha value is -1.62. The van der Waals surface area contributed by atoms with E-state index in [1.807, 2.05) is 13.8 Å². The smallest absolute Gasteiger partial charge is 0.251 e. The second-order valence-electron chi connectivity index (χ2n) is 4.28. The second kappa shape index (κ2) is 6.20. The molecule has 0 aromatic carbocycles. The number of pyridine rings is 1. The van der Waals surface area contributed by atoms with Crippen molar-refractivity contribution in [3.05, 3.63) is 34.2 Å². The van der Waals surface area contributed by atoms with E-state index in [1.165, 1.54) is 12.3 Å². The van der Waals surface area contributed by atoms with E-state index < -0.39 is 0 Å². The van der Waals surface area contributed by atoms with Crippen LogP contribution in [0.3, 0.4) is 0 Å². The van der Waals surface area contributed by atoms with Crippen molar-refractivity contribution in [2.75, 3.05) is 6.61 Å². The number of aromatic nitrogens is 1. The Balaban J connectivity index is 2.73. The number of nitrogens with one attached hydrogen (secondary N) is 2. The van der Waals surface area contributed by atoms with Crippen molar-refractivity contribution in [2.45, 2.75) is 26.3 Å². The molecule has 0 spiro atoms. The third kappa shape index (κ3) is 4.03. The number of hydrogen-bond acceptors (Lipinski definition) is 3. The summed E-state index contributed by atoms with van der Waals surface area (Å²) in [5, 5.41) is 11.7. The zero-order chi connectivity index (χ0) is 12.8. The quantitative estimate of drug-likeness (QED) is 0.699. The first-order chi connectivity index (χ1) is 8.04. The minimum Gasteiger partial charge on any atom is -0.396 e. The minimum absolute atomic E-state index is 0.0263. The Kier molecular flexibility index (Phi) is 4.90. The van der Waals surface area contributed by atoms with E-state index in [2.05, 4.69) is 10.3 Å².